The Bertz CT molecular complexity index is 1280. The summed E-state index contributed by atoms with van der Waals surface area (Å²) >= 11 is 10.8. The van der Waals surface area contributed by atoms with E-state index in [0.29, 0.717) is 10.7 Å². The van der Waals surface area contributed by atoms with Crippen LogP contribution in [0, 0.1) is 0 Å². The molecule has 2 amide bonds. The SMILES string of the molecule is O=C(Cc1ccc(Cl)cc1)Nc1ccc(SC(C(=O)Nc2ccc(Br)cc2)c2ccccc2)cc1. The van der Waals surface area contributed by atoms with Gasteiger partial charge in [0, 0.05) is 25.8 Å². The summed E-state index contributed by atoms with van der Waals surface area (Å²) in [6, 6.07) is 31.9. The lowest BCUT2D eigenvalue weighted by atomic mass is 10.1. The van der Waals surface area contributed by atoms with Gasteiger partial charge in [-0.3, -0.25) is 9.59 Å². The molecule has 7 heteroatoms. The van der Waals surface area contributed by atoms with Crippen molar-refractivity contribution in [3.8, 4) is 0 Å². The highest BCUT2D eigenvalue weighted by Gasteiger charge is 2.22. The minimum absolute atomic E-state index is 0.108. The number of nitrogens with one attached hydrogen (secondary N) is 2. The molecule has 4 nitrogen and oxygen atoms in total. The van der Waals surface area contributed by atoms with Crippen LogP contribution in [0.15, 0.2) is 112 Å². The monoisotopic (exact) mass is 564 g/mol. The molecule has 1 unspecified atom stereocenters. The van der Waals surface area contributed by atoms with Gasteiger partial charge in [-0.2, -0.15) is 0 Å². The molecule has 0 radical (unpaired) electrons. The second-order valence-electron chi connectivity index (χ2n) is 7.78. The minimum Gasteiger partial charge on any atom is -0.326 e. The summed E-state index contributed by atoms with van der Waals surface area (Å²) < 4.78 is 0.949. The number of anilines is 2. The molecule has 0 aromatic heterocycles. The maximum atomic E-state index is 13.2. The van der Waals surface area contributed by atoms with E-state index >= 15 is 0 Å². The number of carbonyl (C=O) groups is 2. The fraction of sp³-hybridized carbons (Fsp3) is 0.0714. The molecule has 4 aromatic rings. The lowest BCUT2D eigenvalue weighted by molar-refractivity contribution is -0.116. The van der Waals surface area contributed by atoms with Crippen molar-refractivity contribution >= 4 is 62.5 Å². The lowest BCUT2D eigenvalue weighted by Gasteiger charge is -2.17. The van der Waals surface area contributed by atoms with E-state index in [1.807, 2.05) is 91.0 Å². The van der Waals surface area contributed by atoms with Crippen LogP contribution in [-0.2, 0) is 16.0 Å². The topological polar surface area (TPSA) is 58.2 Å². The first-order valence-corrected chi connectivity index (χ1v) is 12.9. The number of hydrogen-bond acceptors (Lipinski definition) is 3. The lowest BCUT2D eigenvalue weighted by Crippen LogP contribution is -2.19. The molecular weight excluding hydrogens is 544 g/mol. The molecule has 0 fully saturated rings. The number of amides is 2. The summed E-state index contributed by atoms with van der Waals surface area (Å²) in [5.41, 5.74) is 3.23. The third kappa shape index (κ3) is 7.46. The standard InChI is InChI=1S/C28H22BrClN2O2S/c29-21-8-12-24(13-9-21)32-28(34)27(20-4-2-1-3-5-20)35-25-16-14-23(15-17-25)31-26(33)18-19-6-10-22(30)11-7-19/h1-17,27H,18H2,(H,31,33)(H,32,34). The Hall–Kier alpha value is -3.06. The van der Waals surface area contributed by atoms with Gasteiger partial charge in [0.05, 0.1) is 6.42 Å². The van der Waals surface area contributed by atoms with Gasteiger partial charge in [0.25, 0.3) is 0 Å². The third-order valence-corrected chi connectivity index (χ3v) is 7.17. The van der Waals surface area contributed by atoms with Crippen molar-refractivity contribution in [3.63, 3.8) is 0 Å². The molecule has 0 heterocycles. The van der Waals surface area contributed by atoms with E-state index < -0.39 is 5.25 Å². The summed E-state index contributed by atoms with van der Waals surface area (Å²) in [4.78, 5) is 26.5. The Morgan fingerprint density at radius 3 is 2.03 bits per heavy atom. The summed E-state index contributed by atoms with van der Waals surface area (Å²) in [7, 11) is 0. The van der Waals surface area contributed by atoms with Crippen LogP contribution in [0.1, 0.15) is 16.4 Å². The Morgan fingerprint density at radius 2 is 1.37 bits per heavy atom. The molecule has 0 bridgehead atoms. The number of thioether (sulfide) groups is 1. The zero-order valence-corrected chi connectivity index (χ0v) is 21.7. The first kappa shape index (κ1) is 25.0. The molecule has 35 heavy (non-hydrogen) atoms. The first-order valence-electron chi connectivity index (χ1n) is 10.9. The van der Waals surface area contributed by atoms with Crippen LogP contribution in [0.4, 0.5) is 11.4 Å². The van der Waals surface area contributed by atoms with Crippen LogP contribution in [0.3, 0.4) is 0 Å². The van der Waals surface area contributed by atoms with Crippen LogP contribution >= 0.6 is 39.3 Å². The molecule has 0 saturated heterocycles. The van der Waals surface area contributed by atoms with Crippen molar-refractivity contribution in [3.05, 3.63) is 124 Å². The zero-order chi connectivity index (χ0) is 24.6. The van der Waals surface area contributed by atoms with E-state index in [0.717, 1.165) is 26.2 Å². The quantitative estimate of drug-likeness (QED) is 0.215. The number of rotatable bonds is 8. The molecule has 0 aliphatic heterocycles. The summed E-state index contributed by atoms with van der Waals surface area (Å²) in [6.45, 7) is 0. The van der Waals surface area contributed by atoms with E-state index in [2.05, 4.69) is 26.6 Å². The average molecular weight is 566 g/mol. The maximum absolute atomic E-state index is 13.2. The summed E-state index contributed by atoms with van der Waals surface area (Å²) in [5.74, 6) is -0.215. The number of carbonyl (C=O) groups excluding carboxylic acids is 2. The molecule has 0 saturated carbocycles. The van der Waals surface area contributed by atoms with Gasteiger partial charge in [-0.15, -0.1) is 11.8 Å². The molecule has 0 spiro atoms. The number of hydrogen-bond donors (Lipinski definition) is 2. The summed E-state index contributed by atoms with van der Waals surface area (Å²) in [5, 5.41) is 6.12. The van der Waals surface area contributed by atoms with Crippen LogP contribution in [-0.4, -0.2) is 11.8 Å². The van der Waals surface area contributed by atoms with Gasteiger partial charge in [-0.05, 0) is 71.8 Å². The van der Waals surface area contributed by atoms with Gasteiger partial charge in [0.2, 0.25) is 11.8 Å². The highest BCUT2D eigenvalue weighted by molar-refractivity contribution is 9.10. The smallest absolute Gasteiger partial charge is 0.242 e. The van der Waals surface area contributed by atoms with E-state index in [-0.39, 0.29) is 18.2 Å². The highest BCUT2D eigenvalue weighted by Crippen LogP contribution is 2.36. The van der Waals surface area contributed by atoms with Gasteiger partial charge in [-0.1, -0.05) is 70.0 Å². The predicted octanol–water partition coefficient (Wildman–Crippen LogP) is 7.76. The van der Waals surface area contributed by atoms with Crippen molar-refractivity contribution in [2.75, 3.05) is 10.6 Å². The van der Waals surface area contributed by atoms with E-state index in [1.54, 1.807) is 12.1 Å². The van der Waals surface area contributed by atoms with E-state index in [1.165, 1.54) is 11.8 Å². The van der Waals surface area contributed by atoms with Crippen molar-refractivity contribution < 1.29 is 9.59 Å². The zero-order valence-electron chi connectivity index (χ0n) is 18.6. The predicted molar refractivity (Wildman–Crippen MR) is 148 cm³/mol. The van der Waals surface area contributed by atoms with Gasteiger partial charge in [-0.25, -0.2) is 0 Å². The number of halogens is 2. The highest BCUT2D eigenvalue weighted by atomic mass is 79.9. The number of benzene rings is 4. The minimum atomic E-state index is -0.440. The maximum Gasteiger partial charge on any atom is 0.242 e. The van der Waals surface area contributed by atoms with E-state index in [9.17, 15) is 9.59 Å². The van der Waals surface area contributed by atoms with Gasteiger partial charge in [0.1, 0.15) is 5.25 Å². The molecule has 4 aromatic carbocycles. The first-order chi connectivity index (χ1) is 17.0. The Kier molecular flexibility index (Phi) is 8.64. The van der Waals surface area contributed by atoms with Crippen LogP contribution in [0.2, 0.25) is 5.02 Å². The average Bonchev–Trinajstić information content (AvgIpc) is 2.87. The van der Waals surface area contributed by atoms with Crippen molar-refractivity contribution in [2.45, 2.75) is 16.6 Å². The Balaban J connectivity index is 1.43. The molecule has 4 rings (SSSR count). The molecule has 2 N–H and O–H groups in total. The van der Waals surface area contributed by atoms with Crippen LogP contribution < -0.4 is 10.6 Å². The van der Waals surface area contributed by atoms with Crippen molar-refractivity contribution in [1.82, 2.24) is 0 Å². The fourth-order valence-corrected chi connectivity index (χ4v) is 4.80. The fourth-order valence-electron chi connectivity index (χ4n) is 3.39. The van der Waals surface area contributed by atoms with Crippen LogP contribution in [0.5, 0.6) is 0 Å². The largest absolute Gasteiger partial charge is 0.326 e. The van der Waals surface area contributed by atoms with Crippen molar-refractivity contribution in [1.29, 1.82) is 0 Å². The molecule has 176 valence electrons. The van der Waals surface area contributed by atoms with Crippen molar-refractivity contribution in [2.24, 2.45) is 0 Å². The second-order valence-corrected chi connectivity index (χ2v) is 10.3. The normalized spacial score (nSPS) is 11.5. The van der Waals surface area contributed by atoms with Gasteiger partial charge >= 0.3 is 0 Å². The second kappa shape index (κ2) is 12.1. The molecule has 0 aliphatic carbocycles. The Labute approximate surface area is 222 Å². The molecule has 1 atom stereocenters. The van der Waals surface area contributed by atoms with E-state index in [4.69, 9.17) is 11.6 Å². The Morgan fingerprint density at radius 1 is 0.771 bits per heavy atom. The van der Waals surface area contributed by atoms with Gasteiger partial charge in [0.15, 0.2) is 0 Å². The molecular formula is C28H22BrClN2O2S. The molecule has 0 aliphatic rings. The summed E-state index contributed by atoms with van der Waals surface area (Å²) in [6.07, 6.45) is 0.264. The third-order valence-electron chi connectivity index (χ3n) is 5.12. The van der Waals surface area contributed by atoms with Crippen LogP contribution in [0.25, 0.3) is 0 Å². The van der Waals surface area contributed by atoms with Gasteiger partial charge < -0.3 is 10.6 Å².